The van der Waals surface area contributed by atoms with Crippen LogP contribution in [0.4, 0.5) is 6.01 Å². The van der Waals surface area contributed by atoms with Crippen LogP contribution in [0.2, 0.25) is 0 Å². The summed E-state index contributed by atoms with van der Waals surface area (Å²) < 4.78 is 6.63. The van der Waals surface area contributed by atoms with E-state index in [9.17, 15) is 4.79 Å². The molecule has 0 saturated heterocycles. The van der Waals surface area contributed by atoms with Crippen LogP contribution in [0.3, 0.4) is 0 Å². The number of nitrogens with zero attached hydrogens (tertiary/aromatic N) is 2. The van der Waals surface area contributed by atoms with Gasteiger partial charge in [-0.15, -0.1) is 5.10 Å². The standard InChI is InChI=1S/C10H7Br2N3O2/c1-5-14-15-10(17-5)13-9(16)7-3-2-6(11)4-8(7)12/h2-4H,1H3,(H,13,15,16). The Morgan fingerprint density at radius 3 is 2.71 bits per heavy atom. The van der Waals surface area contributed by atoms with Gasteiger partial charge in [0.1, 0.15) is 0 Å². The predicted octanol–water partition coefficient (Wildman–Crippen LogP) is 3.16. The number of anilines is 1. The molecule has 0 saturated carbocycles. The maximum absolute atomic E-state index is 11.9. The van der Waals surface area contributed by atoms with Gasteiger partial charge in [0, 0.05) is 15.9 Å². The van der Waals surface area contributed by atoms with Crippen LogP contribution in [-0.2, 0) is 0 Å². The molecule has 1 N–H and O–H groups in total. The van der Waals surface area contributed by atoms with E-state index in [-0.39, 0.29) is 11.9 Å². The Bertz CT molecular complexity index is 568. The van der Waals surface area contributed by atoms with Crippen molar-refractivity contribution >= 4 is 43.8 Å². The van der Waals surface area contributed by atoms with Crippen molar-refractivity contribution in [2.45, 2.75) is 6.92 Å². The lowest BCUT2D eigenvalue weighted by Crippen LogP contribution is -2.12. The van der Waals surface area contributed by atoms with Crippen molar-refractivity contribution in [3.63, 3.8) is 0 Å². The molecule has 0 aliphatic heterocycles. The molecule has 1 aromatic carbocycles. The molecule has 0 radical (unpaired) electrons. The second-order valence-electron chi connectivity index (χ2n) is 3.20. The number of aryl methyl sites for hydroxylation is 1. The van der Waals surface area contributed by atoms with Crippen LogP contribution in [0, 0.1) is 6.92 Å². The van der Waals surface area contributed by atoms with Crippen molar-refractivity contribution in [2.75, 3.05) is 5.32 Å². The Balaban J connectivity index is 2.20. The van der Waals surface area contributed by atoms with Gasteiger partial charge in [-0.1, -0.05) is 21.0 Å². The lowest BCUT2D eigenvalue weighted by atomic mass is 10.2. The molecule has 88 valence electrons. The summed E-state index contributed by atoms with van der Waals surface area (Å²) in [7, 11) is 0. The molecule has 17 heavy (non-hydrogen) atoms. The van der Waals surface area contributed by atoms with E-state index < -0.39 is 0 Å². The molecule has 1 heterocycles. The minimum absolute atomic E-state index is 0.0855. The van der Waals surface area contributed by atoms with Gasteiger partial charge in [-0.3, -0.25) is 10.1 Å². The summed E-state index contributed by atoms with van der Waals surface area (Å²) in [5.41, 5.74) is 0.490. The van der Waals surface area contributed by atoms with Crippen LogP contribution >= 0.6 is 31.9 Å². The first-order valence-electron chi connectivity index (χ1n) is 4.63. The van der Waals surface area contributed by atoms with Gasteiger partial charge in [-0.2, -0.15) is 0 Å². The normalized spacial score (nSPS) is 10.3. The number of carbonyl (C=O) groups excluding carboxylic acids is 1. The molecule has 5 nitrogen and oxygen atoms in total. The molecule has 0 bridgehead atoms. The fourth-order valence-electron chi connectivity index (χ4n) is 1.19. The Kier molecular flexibility index (Phi) is 3.58. The van der Waals surface area contributed by atoms with E-state index in [0.717, 1.165) is 4.47 Å². The van der Waals surface area contributed by atoms with Gasteiger partial charge in [0.25, 0.3) is 5.91 Å². The highest BCUT2D eigenvalue weighted by atomic mass is 79.9. The Hall–Kier alpha value is -1.21. The summed E-state index contributed by atoms with van der Waals surface area (Å²) in [6.07, 6.45) is 0. The molecule has 0 fully saturated rings. The average molecular weight is 361 g/mol. The van der Waals surface area contributed by atoms with Crippen LogP contribution in [0.25, 0.3) is 0 Å². The maximum atomic E-state index is 11.9. The fourth-order valence-corrected chi connectivity index (χ4v) is 2.41. The van der Waals surface area contributed by atoms with Crippen molar-refractivity contribution in [1.29, 1.82) is 0 Å². The zero-order valence-corrected chi connectivity index (χ0v) is 11.9. The first-order chi connectivity index (χ1) is 8.06. The number of benzene rings is 1. The molecule has 0 atom stereocenters. The van der Waals surface area contributed by atoms with Gasteiger partial charge < -0.3 is 4.42 Å². The van der Waals surface area contributed by atoms with Crippen molar-refractivity contribution in [1.82, 2.24) is 10.2 Å². The van der Waals surface area contributed by atoms with Crippen LogP contribution in [-0.4, -0.2) is 16.1 Å². The first kappa shape index (κ1) is 12.3. The van der Waals surface area contributed by atoms with Gasteiger partial charge in [0.05, 0.1) is 5.56 Å². The molecule has 1 amide bonds. The second kappa shape index (κ2) is 4.97. The zero-order chi connectivity index (χ0) is 12.4. The van der Waals surface area contributed by atoms with E-state index in [1.54, 1.807) is 25.1 Å². The lowest BCUT2D eigenvalue weighted by Gasteiger charge is -2.03. The van der Waals surface area contributed by atoms with E-state index in [1.807, 2.05) is 0 Å². The van der Waals surface area contributed by atoms with E-state index in [2.05, 4.69) is 47.4 Å². The van der Waals surface area contributed by atoms with E-state index in [1.165, 1.54) is 0 Å². The molecular formula is C10H7Br2N3O2. The molecule has 0 aliphatic rings. The van der Waals surface area contributed by atoms with Crippen LogP contribution in [0.5, 0.6) is 0 Å². The Morgan fingerprint density at radius 2 is 2.12 bits per heavy atom. The fraction of sp³-hybridized carbons (Fsp3) is 0.100. The molecule has 2 rings (SSSR count). The molecular weight excluding hydrogens is 354 g/mol. The molecule has 0 spiro atoms. The van der Waals surface area contributed by atoms with Gasteiger partial charge >= 0.3 is 6.01 Å². The smallest absolute Gasteiger partial charge is 0.322 e. The first-order valence-corrected chi connectivity index (χ1v) is 6.21. The zero-order valence-electron chi connectivity index (χ0n) is 8.70. The number of hydrogen-bond acceptors (Lipinski definition) is 4. The maximum Gasteiger partial charge on any atom is 0.322 e. The summed E-state index contributed by atoms with van der Waals surface area (Å²) >= 11 is 6.62. The summed E-state index contributed by atoms with van der Waals surface area (Å²) in [5.74, 6) is 0.0863. The van der Waals surface area contributed by atoms with Gasteiger partial charge in [0.15, 0.2) is 0 Å². The third-order valence-electron chi connectivity index (χ3n) is 1.92. The van der Waals surface area contributed by atoms with Gasteiger partial charge in [-0.25, -0.2) is 0 Å². The largest absolute Gasteiger partial charge is 0.408 e. The lowest BCUT2D eigenvalue weighted by molar-refractivity contribution is 0.102. The number of amides is 1. The second-order valence-corrected chi connectivity index (χ2v) is 4.97. The predicted molar refractivity (Wildman–Crippen MR) is 68.8 cm³/mol. The van der Waals surface area contributed by atoms with Crippen LogP contribution in [0.1, 0.15) is 16.2 Å². The number of hydrogen-bond donors (Lipinski definition) is 1. The number of carbonyl (C=O) groups is 1. The Labute approximate surface area is 114 Å². The van der Waals surface area contributed by atoms with Gasteiger partial charge in [0.2, 0.25) is 5.89 Å². The van der Waals surface area contributed by atoms with Crippen LogP contribution in [0.15, 0.2) is 31.6 Å². The number of halogens is 2. The van der Waals surface area contributed by atoms with Crippen molar-refractivity contribution in [3.8, 4) is 0 Å². The van der Waals surface area contributed by atoms with Crippen LogP contribution < -0.4 is 5.32 Å². The monoisotopic (exact) mass is 359 g/mol. The third kappa shape index (κ3) is 2.92. The number of nitrogens with one attached hydrogen (secondary N) is 1. The topological polar surface area (TPSA) is 68.0 Å². The molecule has 0 aliphatic carbocycles. The molecule has 1 aromatic heterocycles. The van der Waals surface area contributed by atoms with Gasteiger partial charge in [-0.05, 0) is 34.1 Å². The molecule has 2 aromatic rings. The molecule has 0 unspecified atom stereocenters. The van der Waals surface area contributed by atoms with Crippen molar-refractivity contribution in [3.05, 3.63) is 38.6 Å². The highest BCUT2D eigenvalue weighted by Gasteiger charge is 2.13. The summed E-state index contributed by atoms with van der Waals surface area (Å²) in [6, 6.07) is 5.33. The highest BCUT2D eigenvalue weighted by molar-refractivity contribution is 9.11. The molecule has 7 heteroatoms. The summed E-state index contributed by atoms with van der Waals surface area (Å²) in [6.45, 7) is 1.65. The van der Waals surface area contributed by atoms with Crippen molar-refractivity contribution in [2.24, 2.45) is 0 Å². The highest BCUT2D eigenvalue weighted by Crippen LogP contribution is 2.22. The minimum atomic E-state index is -0.312. The van der Waals surface area contributed by atoms with E-state index in [4.69, 9.17) is 4.42 Å². The quantitative estimate of drug-likeness (QED) is 0.893. The summed E-state index contributed by atoms with van der Waals surface area (Å²) in [5, 5.41) is 9.82. The SMILES string of the molecule is Cc1nnc(NC(=O)c2ccc(Br)cc2Br)o1. The van der Waals surface area contributed by atoms with E-state index >= 15 is 0 Å². The Morgan fingerprint density at radius 1 is 1.35 bits per heavy atom. The number of aromatic nitrogens is 2. The minimum Gasteiger partial charge on any atom is -0.408 e. The third-order valence-corrected chi connectivity index (χ3v) is 3.07. The van der Waals surface area contributed by atoms with Crippen molar-refractivity contribution < 1.29 is 9.21 Å². The number of rotatable bonds is 2. The van der Waals surface area contributed by atoms with E-state index in [0.29, 0.717) is 15.9 Å². The average Bonchev–Trinajstić information content (AvgIpc) is 2.63. The summed E-state index contributed by atoms with van der Waals surface area (Å²) in [4.78, 5) is 11.9.